The van der Waals surface area contributed by atoms with Gasteiger partial charge in [0.1, 0.15) is 0 Å². The molecule has 1 unspecified atom stereocenters. The van der Waals surface area contributed by atoms with Crippen LogP contribution >= 0.6 is 9.04 Å². The van der Waals surface area contributed by atoms with Gasteiger partial charge in [0.05, 0.1) is 0 Å². The highest BCUT2D eigenvalue weighted by Crippen LogP contribution is 2.18. The third-order valence-electron chi connectivity index (χ3n) is 3.45. The SMILES string of the molecule is C=C/C(=C\C=C/C)CCCCc1ccc(C(=C)NPF)cc1. The van der Waals surface area contributed by atoms with Crippen LogP contribution in [0.5, 0.6) is 0 Å². The zero-order valence-corrected chi connectivity index (χ0v) is 14.2. The predicted octanol–water partition coefficient (Wildman–Crippen LogP) is 6.13. The molecule has 1 atom stereocenters. The number of rotatable bonds is 10. The first-order valence-electron chi connectivity index (χ1n) is 7.55. The lowest BCUT2D eigenvalue weighted by Gasteiger charge is -2.07. The maximum atomic E-state index is 12.2. The van der Waals surface area contributed by atoms with E-state index in [1.165, 1.54) is 11.1 Å². The van der Waals surface area contributed by atoms with Crippen molar-refractivity contribution in [3.05, 3.63) is 78.4 Å². The van der Waals surface area contributed by atoms with Gasteiger partial charge in [-0.25, -0.2) is 4.20 Å². The van der Waals surface area contributed by atoms with Crippen LogP contribution in [0, 0.1) is 0 Å². The molecule has 1 nitrogen and oxygen atoms in total. The lowest BCUT2D eigenvalue weighted by molar-refractivity contribution is 0.736. The summed E-state index contributed by atoms with van der Waals surface area (Å²) in [7, 11) is -0.810. The molecule has 0 saturated heterocycles. The van der Waals surface area contributed by atoms with E-state index in [2.05, 4.69) is 42.5 Å². The highest BCUT2D eigenvalue weighted by molar-refractivity contribution is 7.29. The van der Waals surface area contributed by atoms with Crippen LogP contribution in [0.1, 0.15) is 37.3 Å². The molecule has 3 heteroatoms. The average molecular weight is 317 g/mol. The van der Waals surface area contributed by atoms with Crippen LogP contribution in [-0.4, -0.2) is 0 Å². The molecule has 0 spiro atoms. The zero-order chi connectivity index (χ0) is 16.2. The van der Waals surface area contributed by atoms with Crippen molar-refractivity contribution in [1.82, 2.24) is 5.09 Å². The summed E-state index contributed by atoms with van der Waals surface area (Å²) in [5, 5.41) is 2.61. The molecule has 1 N–H and O–H groups in total. The Bertz CT molecular complexity index is 529. The van der Waals surface area contributed by atoms with Gasteiger partial charge in [-0.15, -0.1) is 0 Å². The van der Waals surface area contributed by atoms with Crippen molar-refractivity contribution in [3.63, 3.8) is 0 Å². The van der Waals surface area contributed by atoms with Gasteiger partial charge in [-0.05, 0) is 49.3 Å². The number of allylic oxidation sites excluding steroid dienone is 5. The van der Waals surface area contributed by atoms with Crippen LogP contribution in [0.25, 0.3) is 5.70 Å². The van der Waals surface area contributed by atoms with Crippen LogP contribution in [0.4, 0.5) is 4.20 Å². The second-order valence-electron chi connectivity index (χ2n) is 5.07. The molecule has 0 bridgehead atoms. The number of hydrogen-bond donors (Lipinski definition) is 1. The highest BCUT2D eigenvalue weighted by atomic mass is 31.1. The molecule has 0 aliphatic carbocycles. The summed E-state index contributed by atoms with van der Waals surface area (Å²) in [6, 6.07) is 8.17. The van der Waals surface area contributed by atoms with Gasteiger partial charge in [-0.2, -0.15) is 0 Å². The zero-order valence-electron chi connectivity index (χ0n) is 13.2. The van der Waals surface area contributed by atoms with Gasteiger partial charge >= 0.3 is 0 Å². The number of nitrogens with one attached hydrogen (secondary N) is 1. The summed E-state index contributed by atoms with van der Waals surface area (Å²) < 4.78 is 12.2. The third kappa shape index (κ3) is 6.87. The average Bonchev–Trinajstić information content (AvgIpc) is 2.55. The number of hydrogen-bond acceptors (Lipinski definition) is 1. The monoisotopic (exact) mass is 317 g/mol. The molecule has 0 aliphatic rings. The second kappa shape index (κ2) is 11.0. The van der Waals surface area contributed by atoms with Crippen molar-refractivity contribution < 1.29 is 4.20 Å². The normalized spacial score (nSPS) is 12.2. The number of benzene rings is 1. The maximum Gasteiger partial charge on any atom is 0.166 e. The molecule has 0 amide bonds. The summed E-state index contributed by atoms with van der Waals surface area (Å²) in [5.41, 5.74) is 4.16. The van der Waals surface area contributed by atoms with Gasteiger partial charge in [0.25, 0.3) is 0 Å². The van der Waals surface area contributed by atoms with E-state index in [-0.39, 0.29) is 0 Å². The van der Waals surface area contributed by atoms with Crippen LogP contribution in [0.3, 0.4) is 0 Å². The largest absolute Gasteiger partial charge is 0.341 e. The van der Waals surface area contributed by atoms with E-state index in [1.807, 2.05) is 31.2 Å². The van der Waals surface area contributed by atoms with Crippen LogP contribution < -0.4 is 5.09 Å². The van der Waals surface area contributed by atoms with Crippen molar-refractivity contribution in [2.45, 2.75) is 32.6 Å². The predicted molar refractivity (Wildman–Crippen MR) is 98.7 cm³/mol. The Morgan fingerprint density at radius 2 is 2.00 bits per heavy atom. The molecular weight excluding hydrogens is 292 g/mol. The Morgan fingerprint density at radius 3 is 2.59 bits per heavy atom. The van der Waals surface area contributed by atoms with Crippen molar-refractivity contribution in [3.8, 4) is 0 Å². The summed E-state index contributed by atoms with van der Waals surface area (Å²) in [6.07, 6.45) is 12.5. The van der Waals surface area contributed by atoms with E-state index in [0.29, 0.717) is 5.70 Å². The lowest BCUT2D eigenvalue weighted by atomic mass is 10.0. The van der Waals surface area contributed by atoms with Gasteiger partial charge in [-0.1, -0.05) is 61.7 Å². The molecule has 118 valence electrons. The minimum absolute atomic E-state index is 0.636. The van der Waals surface area contributed by atoms with Crippen molar-refractivity contribution in [2.75, 3.05) is 0 Å². The number of unbranched alkanes of at least 4 members (excludes halogenated alkanes) is 1. The van der Waals surface area contributed by atoms with Gasteiger partial charge in [0.2, 0.25) is 0 Å². The van der Waals surface area contributed by atoms with Gasteiger partial charge < -0.3 is 5.09 Å². The van der Waals surface area contributed by atoms with E-state index in [4.69, 9.17) is 0 Å². The molecule has 0 aliphatic heterocycles. The van der Waals surface area contributed by atoms with Crippen LogP contribution in [0.15, 0.2) is 67.3 Å². The Hall–Kier alpha value is -1.66. The highest BCUT2D eigenvalue weighted by Gasteiger charge is 1.99. The molecule has 1 aromatic rings. The van der Waals surface area contributed by atoms with E-state index < -0.39 is 9.04 Å². The Morgan fingerprint density at radius 1 is 1.27 bits per heavy atom. The number of halogens is 1. The topological polar surface area (TPSA) is 12.0 Å². The maximum absolute atomic E-state index is 12.2. The molecule has 22 heavy (non-hydrogen) atoms. The van der Waals surface area contributed by atoms with E-state index >= 15 is 0 Å². The second-order valence-corrected chi connectivity index (χ2v) is 5.51. The number of aryl methyl sites for hydroxylation is 1. The Kier molecular flexibility index (Phi) is 9.18. The molecule has 1 rings (SSSR count). The first-order valence-corrected chi connectivity index (χ1v) is 8.43. The van der Waals surface area contributed by atoms with E-state index in [0.717, 1.165) is 31.2 Å². The summed E-state index contributed by atoms with van der Waals surface area (Å²) in [4.78, 5) is 0. The summed E-state index contributed by atoms with van der Waals surface area (Å²) >= 11 is 0. The minimum Gasteiger partial charge on any atom is -0.341 e. The fourth-order valence-corrected chi connectivity index (χ4v) is 2.39. The van der Waals surface area contributed by atoms with Crippen LogP contribution in [0.2, 0.25) is 0 Å². The molecular formula is C19H25FNP. The molecule has 0 radical (unpaired) electrons. The fourth-order valence-electron chi connectivity index (χ4n) is 2.13. The molecule has 0 heterocycles. The lowest BCUT2D eigenvalue weighted by Crippen LogP contribution is -1.97. The molecule has 0 fully saturated rings. The Balaban J connectivity index is 2.39. The first-order chi connectivity index (χ1) is 10.7. The molecule has 0 saturated carbocycles. The Labute approximate surface area is 135 Å². The van der Waals surface area contributed by atoms with E-state index in [1.54, 1.807) is 0 Å². The van der Waals surface area contributed by atoms with Crippen LogP contribution in [-0.2, 0) is 6.42 Å². The summed E-state index contributed by atoms with van der Waals surface area (Å²) in [5.74, 6) is 0. The van der Waals surface area contributed by atoms with Gasteiger partial charge in [-0.3, -0.25) is 0 Å². The van der Waals surface area contributed by atoms with Gasteiger partial charge in [0.15, 0.2) is 9.04 Å². The quantitative estimate of drug-likeness (QED) is 0.311. The van der Waals surface area contributed by atoms with Crippen molar-refractivity contribution >= 4 is 14.7 Å². The van der Waals surface area contributed by atoms with E-state index in [9.17, 15) is 4.20 Å². The fraction of sp³-hybridized carbons (Fsp3) is 0.263. The third-order valence-corrected chi connectivity index (χ3v) is 3.84. The smallest absolute Gasteiger partial charge is 0.166 e. The summed E-state index contributed by atoms with van der Waals surface area (Å²) in [6.45, 7) is 9.67. The van der Waals surface area contributed by atoms with Gasteiger partial charge in [0, 0.05) is 5.70 Å². The van der Waals surface area contributed by atoms with Crippen molar-refractivity contribution in [1.29, 1.82) is 0 Å². The molecule has 0 aromatic heterocycles. The molecule has 1 aromatic carbocycles. The first kappa shape index (κ1) is 18.4. The van der Waals surface area contributed by atoms with Crippen molar-refractivity contribution in [2.24, 2.45) is 0 Å². The minimum atomic E-state index is -0.810. The standard InChI is InChI=1S/C19H25FNP/c1-4-6-9-17(5-2)10-7-8-11-18-12-14-19(15-13-18)16(3)21-22-20/h4-6,9,12-15,21-22H,2-3,7-8,10-11H2,1H3/b6-4-,17-9+.